The molecule has 1 heterocycles. The quantitative estimate of drug-likeness (QED) is 0.639. The molecule has 27 heavy (non-hydrogen) atoms. The number of benzene rings is 2. The smallest absolute Gasteiger partial charge is 0.249 e. The topological polar surface area (TPSA) is 81.2 Å². The zero-order valence-electron chi connectivity index (χ0n) is 15.9. The van der Waals surface area contributed by atoms with Crippen molar-refractivity contribution in [3.63, 3.8) is 0 Å². The van der Waals surface area contributed by atoms with E-state index >= 15 is 0 Å². The molecule has 0 amide bonds. The minimum atomic E-state index is 0.137. The van der Waals surface area contributed by atoms with E-state index in [9.17, 15) is 0 Å². The molecule has 0 unspecified atom stereocenters. The van der Waals surface area contributed by atoms with Gasteiger partial charge in [-0.2, -0.15) is 10.1 Å². The zero-order valence-corrected chi connectivity index (χ0v) is 15.9. The van der Waals surface area contributed by atoms with Crippen molar-refractivity contribution >= 4 is 23.1 Å². The third-order valence-corrected chi connectivity index (χ3v) is 3.66. The summed E-state index contributed by atoms with van der Waals surface area (Å²) in [7, 11) is 1.63. The average molecular weight is 365 g/mol. The second kappa shape index (κ2) is 8.35. The Bertz CT molecular complexity index is 897. The summed E-state index contributed by atoms with van der Waals surface area (Å²) >= 11 is 0. The SMILES string of the molecule is COc1ccc(C)cc1Nc1cnnc(Nc2ccc(OC(C)C)cc2)n1. The number of hydrogen-bond donors (Lipinski definition) is 2. The van der Waals surface area contributed by atoms with Crippen LogP contribution >= 0.6 is 0 Å². The molecule has 0 radical (unpaired) electrons. The number of nitrogens with one attached hydrogen (secondary N) is 2. The second-order valence-corrected chi connectivity index (χ2v) is 6.31. The maximum absolute atomic E-state index is 5.64. The van der Waals surface area contributed by atoms with Crippen LogP contribution in [-0.2, 0) is 0 Å². The lowest BCUT2D eigenvalue weighted by atomic mass is 10.2. The molecule has 0 aliphatic carbocycles. The van der Waals surface area contributed by atoms with Crippen LogP contribution in [0.2, 0.25) is 0 Å². The first-order valence-electron chi connectivity index (χ1n) is 8.68. The fourth-order valence-corrected chi connectivity index (χ4v) is 2.49. The highest BCUT2D eigenvalue weighted by atomic mass is 16.5. The molecule has 2 N–H and O–H groups in total. The van der Waals surface area contributed by atoms with Crippen molar-refractivity contribution in [1.82, 2.24) is 15.2 Å². The molecule has 0 aliphatic heterocycles. The van der Waals surface area contributed by atoms with E-state index in [0.717, 1.165) is 28.4 Å². The predicted molar refractivity (Wildman–Crippen MR) is 106 cm³/mol. The molecule has 0 saturated carbocycles. The van der Waals surface area contributed by atoms with Gasteiger partial charge in [-0.1, -0.05) is 6.07 Å². The summed E-state index contributed by atoms with van der Waals surface area (Å²) in [6.45, 7) is 6.00. The van der Waals surface area contributed by atoms with E-state index in [2.05, 4.69) is 25.8 Å². The van der Waals surface area contributed by atoms with Gasteiger partial charge in [-0.3, -0.25) is 0 Å². The lowest BCUT2D eigenvalue weighted by molar-refractivity contribution is 0.242. The lowest BCUT2D eigenvalue weighted by Crippen LogP contribution is -2.05. The first-order chi connectivity index (χ1) is 13.0. The summed E-state index contributed by atoms with van der Waals surface area (Å²) in [5.41, 5.74) is 2.78. The van der Waals surface area contributed by atoms with Crippen molar-refractivity contribution in [2.24, 2.45) is 0 Å². The van der Waals surface area contributed by atoms with Crippen LogP contribution in [0.4, 0.5) is 23.1 Å². The average Bonchev–Trinajstić information content (AvgIpc) is 2.63. The number of anilines is 4. The molecule has 1 aromatic heterocycles. The number of ether oxygens (including phenoxy) is 2. The second-order valence-electron chi connectivity index (χ2n) is 6.31. The largest absolute Gasteiger partial charge is 0.495 e. The lowest BCUT2D eigenvalue weighted by Gasteiger charge is -2.12. The van der Waals surface area contributed by atoms with Gasteiger partial charge in [-0.25, -0.2) is 0 Å². The van der Waals surface area contributed by atoms with Crippen molar-refractivity contribution in [1.29, 1.82) is 0 Å². The first kappa shape index (κ1) is 18.4. The van der Waals surface area contributed by atoms with Crippen LogP contribution < -0.4 is 20.1 Å². The molecular formula is C20H23N5O2. The molecule has 7 nitrogen and oxygen atoms in total. The van der Waals surface area contributed by atoms with E-state index in [0.29, 0.717) is 11.8 Å². The summed E-state index contributed by atoms with van der Waals surface area (Å²) in [6.07, 6.45) is 1.70. The standard InChI is InChI=1S/C20H23N5O2/c1-13(2)27-16-8-6-15(7-9-16)22-20-24-19(12-21-25-20)23-17-11-14(3)5-10-18(17)26-4/h5-13H,1-4H3,(H2,22,23,24,25). The van der Waals surface area contributed by atoms with Crippen LogP contribution in [0.25, 0.3) is 0 Å². The maximum atomic E-state index is 5.64. The van der Waals surface area contributed by atoms with Crippen molar-refractivity contribution in [2.75, 3.05) is 17.7 Å². The molecule has 2 aromatic carbocycles. The minimum absolute atomic E-state index is 0.137. The van der Waals surface area contributed by atoms with Gasteiger partial charge in [0, 0.05) is 5.69 Å². The number of hydrogen-bond acceptors (Lipinski definition) is 7. The van der Waals surface area contributed by atoms with Crippen molar-refractivity contribution < 1.29 is 9.47 Å². The Hall–Kier alpha value is -3.35. The van der Waals surface area contributed by atoms with E-state index in [1.54, 1.807) is 13.3 Å². The molecular weight excluding hydrogens is 342 g/mol. The summed E-state index contributed by atoms with van der Waals surface area (Å²) in [4.78, 5) is 4.46. The molecule has 140 valence electrons. The van der Waals surface area contributed by atoms with Crippen molar-refractivity contribution in [2.45, 2.75) is 26.9 Å². The number of aromatic nitrogens is 3. The highest BCUT2D eigenvalue weighted by Gasteiger charge is 2.07. The van der Waals surface area contributed by atoms with Crippen LogP contribution in [0.1, 0.15) is 19.4 Å². The Morgan fingerprint density at radius 3 is 2.48 bits per heavy atom. The third-order valence-electron chi connectivity index (χ3n) is 3.66. The Labute approximate surface area is 158 Å². The fraction of sp³-hybridized carbons (Fsp3) is 0.250. The van der Waals surface area contributed by atoms with Gasteiger partial charge >= 0.3 is 0 Å². The van der Waals surface area contributed by atoms with E-state index in [-0.39, 0.29) is 6.10 Å². The van der Waals surface area contributed by atoms with Crippen LogP contribution in [0.15, 0.2) is 48.7 Å². The molecule has 0 aliphatic rings. The first-order valence-corrected chi connectivity index (χ1v) is 8.68. The third kappa shape index (κ3) is 5.07. The van der Waals surface area contributed by atoms with E-state index in [1.165, 1.54) is 0 Å². The Balaban J connectivity index is 1.73. The number of methoxy groups -OCH3 is 1. The van der Waals surface area contributed by atoms with Crippen LogP contribution in [0, 0.1) is 6.92 Å². The molecule has 7 heteroatoms. The molecule has 0 bridgehead atoms. The molecule has 3 rings (SSSR count). The van der Waals surface area contributed by atoms with E-state index in [1.807, 2.05) is 63.2 Å². The zero-order chi connectivity index (χ0) is 19.2. The molecule has 0 atom stereocenters. The van der Waals surface area contributed by atoms with Gasteiger partial charge in [-0.15, -0.1) is 5.10 Å². The highest BCUT2D eigenvalue weighted by Crippen LogP contribution is 2.28. The number of nitrogens with zero attached hydrogens (tertiary/aromatic N) is 3. The van der Waals surface area contributed by atoms with Crippen LogP contribution in [0.5, 0.6) is 11.5 Å². The van der Waals surface area contributed by atoms with Crippen LogP contribution in [-0.4, -0.2) is 28.4 Å². The van der Waals surface area contributed by atoms with Crippen molar-refractivity contribution in [3.05, 3.63) is 54.2 Å². The molecule has 3 aromatic rings. The highest BCUT2D eigenvalue weighted by molar-refractivity contribution is 5.65. The predicted octanol–water partition coefficient (Wildman–Crippen LogP) is 4.46. The van der Waals surface area contributed by atoms with Gasteiger partial charge < -0.3 is 20.1 Å². The van der Waals surface area contributed by atoms with Gasteiger partial charge in [0.2, 0.25) is 5.95 Å². The van der Waals surface area contributed by atoms with Gasteiger partial charge in [0.05, 0.1) is 25.1 Å². The summed E-state index contributed by atoms with van der Waals surface area (Å²) in [5, 5.41) is 14.4. The molecule has 0 fully saturated rings. The van der Waals surface area contributed by atoms with Gasteiger partial charge in [0.25, 0.3) is 0 Å². The Kier molecular flexibility index (Phi) is 5.71. The number of aryl methyl sites for hydroxylation is 1. The van der Waals surface area contributed by atoms with E-state index in [4.69, 9.17) is 9.47 Å². The minimum Gasteiger partial charge on any atom is -0.495 e. The summed E-state index contributed by atoms with van der Waals surface area (Å²) in [6, 6.07) is 13.5. The maximum Gasteiger partial charge on any atom is 0.249 e. The van der Waals surface area contributed by atoms with Gasteiger partial charge in [0.15, 0.2) is 5.82 Å². The fourth-order valence-electron chi connectivity index (χ4n) is 2.49. The van der Waals surface area contributed by atoms with Gasteiger partial charge in [0.1, 0.15) is 11.5 Å². The number of rotatable bonds is 7. The monoisotopic (exact) mass is 365 g/mol. The van der Waals surface area contributed by atoms with Gasteiger partial charge in [-0.05, 0) is 62.7 Å². The summed E-state index contributed by atoms with van der Waals surface area (Å²) in [5.74, 6) is 2.51. The normalized spacial score (nSPS) is 10.6. The molecule has 0 spiro atoms. The molecule has 0 saturated heterocycles. The summed E-state index contributed by atoms with van der Waals surface area (Å²) < 4.78 is 11.0. The van der Waals surface area contributed by atoms with Crippen LogP contribution in [0.3, 0.4) is 0 Å². The van der Waals surface area contributed by atoms with E-state index < -0.39 is 0 Å². The Morgan fingerprint density at radius 1 is 1.00 bits per heavy atom. The van der Waals surface area contributed by atoms with Crippen molar-refractivity contribution in [3.8, 4) is 11.5 Å². The Morgan fingerprint density at radius 2 is 1.78 bits per heavy atom.